The zero-order chi connectivity index (χ0) is 10.7. The van der Waals surface area contributed by atoms with Gasteiger partial charge in [-0.05, 0) is 31.9 Å². The molecular weight excluding hydrogens is 188 g/mol. The van der Waals surface area contributed by atoms with Crippen molar-refractivity contribution in [1.82, 2.24) is 10.2 Å². The lowest BCUT2D eigenvalue weighted by atomic mass is 9.91. The second kappa shape index (κ2) is 4.57. The highest BCUT2D eigenvalue weighted by Gasteiger charge is 2.21. The molecule has 1 fully saturated rings. The molecule has 2 atom stereocenters. The van der Waals surface area contributed by atoms with Gasteiger partial charge >= 0.3 is 0 Å². The number of nitrogens with one attached hydrogen (secondary N) is 1. The SMILES string of the molecule is Cc1ccc(N[C@@H]2CCCC[C@H]2N)nn1. The summed E-state index contributed by atoms with van der Waals surface area (Å²) in [5.41, 5.74) is 6.98. The van der Waals surface area contributed by atoms with Gasteiger partial charge in [0.25, 0.3) is 0 Å². The molecular formula is C11H18N4. The number of nitrogens with zero attached hydrogens (tertiary/aromatic N) is 2. The normalized spacial score (nSPS) is 26.3. The van der Waals surface area contributed by atoms with Crippen LogP contribution in [0.25, 0.3) is 0 Å². The Morgan fingerprint density at radius 1 is 1.27 bits per heavy atom. The van der Waals surface area contributed by atoms with Gasteiger partial charge in [-0.3, -0.25) is 0 Å². The predicted octanol–water partition coefficient (Wildman–Crippen LogP) is 1.47. The van der Waals surface area contributed by atoms with Crippen molar-refractivity contribution in [3.63, 3.8) is 0 Å². The first kappa shape index (κ1) is 10.4. The molecule has 2 rings (SSSR count). The number of hydrogen-bond donors (Lipinski definition) is 2. The van der Waals surface area contributed by atoms with E-state index < -0.39 is 0 Å². The first-order chi connectivity index (χ1) is 7.25. The van der Waals surface area contributed by atoms with Crippen molar-refractivity contribution in [3.05, 3.63) is 17.8 Å². The van der Waals surface area contributed by atoms with Crippen LogP contribution in [-0.2, 0) is 0 Å². The van der Waals surface area contributed by atoms with Crippen LogP contribution >= 0.6 is 0 Å². The standard InChI is InChI=1S/C11H18N4/c1-8-6-7-11(15-14-8)13-10-5-3-2-4-9(10)12/h6-7,9-10H,2-5,12H2,1H3,(H,13,15)/t9-,10-/m1/s1. The molecule has 4 heteroatoms. The fourth-order valence-electron chi connectivity index (χ4n) is 2.00. The maximum absolute atomic E-state index is 6.05. The number of anilines is 1. The first-order valence-electron chi connectivity index (χ1n) is 5.58. The van der Waals surface area contributed by atoms with Gasteiger partial charge in [-0.1, -0.05) is 12.8 Å². The third-order valence-electron chi connectivity index (χ3n) is 2.95. The highest BCUT2D eigenvalue weighted by molar-refractivity contribution is 5.34. The maximum atomic E-state index is 6.05. The average molecular weight is 206 g/mol. The zero-order valence-electron chi connectivity index (χ0n) is 9.11. The summed E-state index contributed by atoms with van der Waals surface area (Å²) in [4.78, 5) is 0. The van der Waals surface area contributed by atoms with Crippen molar-refractivity contribution < 1.29 is 0 Å². The zero-order valence-corrected chi connectivity index (χ0v) is 9.11. The molecule has 0 unspecified atom stereocenters. The molecule has 0 saturated heterocycles. The summed E-state index contributed by atoms with van der Waals surface area (Å²) in [7, 11) is 0. The number of nitrogens with two attached hydrogens (primary N) is 1. The molecule has 1 saturated carbocycles. The van der Waals surface area contributed by atoms with Crippen LogP contribution < -0.4 is 11.1 Å². The third kappa shape index (κ3) is 2.65. The Hall–Kier alpha value is -1.16. The van der Waals surface area contributed by atoms with Crippen molar-refractivity contribution in [2.75, 3.05) is 5.32 Å². The summed E-state index contributed by atoms with van der Waals surface area (Å²) in [6.45, 7) is 1.93. The van der Waals surface area contributed by atoms with E-state index in [1.54, 1.807) is 0 Å². The lowest BCUT2D eigenvalue weighted by Crippen LogP contribution is -2.42. The van der Waals surface area contributed by atoms with Gasteiger partial charge in [0.05, 0.1) is 5.69 Å². The number of hydrogen-bond acceptors (Lipinski definition) is 4. The molecule has 82 valence electrons. The van der Waals surface area contributed by atoms with E-state index in [0.29, 0.717) is 6.04 Å². The Morgan fingerprint density at radius 2 is 2.07 bits per heavy atom. The van der Waals surface area contributed by atoms with Crippen molar-refractivity contribution in [1.29, 1.82) is 0 Å². The van der Waals surface area contributed by atoms with E-state index in [1.807, 2.05) is 19.1 Å². The summed E-state index contributed by atoms with van der Waals surface area (Å²) in [5.74, 6) is 0.836. The van der Waals surface area contributed by atoms with E-state index >= 15 is 0 Å². The molecule has 15 heavy (non-hydrogen) atoms. The Morgan fingerprint density at radius 3 is 2.73 bits per heavy atom. The summed E-state index contributed by atoms with van der Waals surface area (Å²) in [6, 6.07) is 4.53. The highest BCUT2D eigenvalue weighted by Crippen LogP contribution is 2.19. The average Bonchev–Trinajstić information content (AvgIpc) is 2.25. The predicted molar refractivity (Wildman–Crippen MR) is 60.6 cm³/mol. The molecule has 0 amide bonds. The van der Waals surface area contributed by atoms with Crippen LogP contribution in [0.3, 0.4) is 0 Å². The molecule has 0 spiro atoms. The van der Waals surface area contributed by atoms with Gasteiger partial charge in [-0.2, -0.15) is 5.10 Å². The lowest BCUT2D eigenvalue weighted by Gasteiger charge is -2.29. The Kier molecular flexibility index (Phi) is 3.16. The fraction of sp³-hybridized carbons (Fsp3) is 0.636. The van der Waals surface area contributed by atoms with Gasteiger partial charge in [0.2, 0.25) is 0 Å². The van der Waals surface area contributed by atoms with Crippen LogP contribution in [0, 0.1) is 6.92 Å². The molecule has 0 aromatic carbocycles. The van der Waals surface area contributed by atoms with Gasteiger partial charge in [-0.15, -0.1) is 5.10 Å². The lowest BCUT2D eigenvalue weighted by molar-refractivity contribution is 0.403. The summed E-state index contributed by atoms with van der Waals surface area (Å²) in [5, 5.41) is 11.5. The molecule has 0 bridgehead atoms. The Labute approximate surface area is 90.3 Å². The van der Waals surface area contributed by atoms with Gasteiger partial charge in [0.1, 0.15) is 5.82 Å². The second-order valence-corrected chi connectivity index (χ2v) is 4.26. The Balaban J connectivity index is 1.98. The molecule has 0 radical (unpaired) electrons. The van der Waals surface area contributed by atoms with Crippen molar-refractivity contribution in [3.8, 4) is 0 Å². The van der Waals surface area contributed by atoms with Crippen LogP contribution in [0.15, 0.2) is 12.1 Å². The van der Waals surface area contributed by atoms with Crippen LogP contribution in [-0.4, -0.2) is 22.3 Å². The summed E-state index contributed by atoms with van der Waals surface area (Å²) >= 11 is 0. The minimum atomic E-state index is 0.252. The largest absolute Gasteiger partial charge is 0.364 e. The second-order valence-electron chi connectivity index (χ2n) is 4.26. The molecule has 1 aromatic rings. The van der Waals surface area contributed by atoms with Gasteiger partial charge in [-0.25, -0.2) is 0 Å². The minimum Gasteiger partial charge on any atom is -0.364 e. The summed E-state index contributed by atoms with van der Waals surface area (Å²) in [6.07, 6.45) is 4.75. The fourth-order valence-corrected chi connectivity index (χ4v) is 2.00. The van der Waals surface area contributed by atoms with E-state index in [1.165, 1.54) is 12.8 Å². The van der Waals surface area contributed by atoms with Crippen molar-refractivity contribution in [2.45, 2.75) is 44.7 Å². The molecule has 3 N–H and O–H groups in total. The molecule has 0 aliphatic heterocycles. The van der Waals surface area contributed by atoms with E-state index in [2.05, 4.69) is 15.5 Å². The molecule has 4 nitrogen and oxygen atoms in total. The van der Waals surface area contributed by atoms with E-state index in [9.17, 15) is 0 Å². The van der Waals surface area contributed by atoms with Crippen LogP contribution in [0.4, 0.5) is 5.82 Å². The molecule has 1 aromatic heterocycles. The van der Waals surface area contributed by atoms with Crippen LogP contribution in [0.5, 0.6) is 0 Å². The van der Waals surface area contributed by atoms with E-state index in [4.69, 9.17) is 5.73 Å². The quantitative estimate of drug-likeness (QED) is 0.769. The monoisotopic (exact) mass is 206 g/mol. The smallest absolute Gasteiger partial charge is 0.148 e. The van der Waals surface area contributed by atoms with Gasteiger partial charge in [0.15, 0.2) is 0 Å². The number of aromatic nitrogens is 2. The Bertz CT molecular complexity index is 309. The number of aryl methyl sites for hydroxylation is 1. The topological polar surface area (TPSA) is 63.8 Å². The molecule has 1 heterocycles. The molecule has 1 aliphatic rings. The van der Waals surface area contributed by atoms with E-state index in [-0.39, 0.29) is 6.04 Å². The van der Waals surface area contributed by atoms with Crippen molar-refractivity contribution >= 4 is 5.82 Å². The van der Waals surface area contributed by atoms with Crippen LogP contribution in [0.2, 0.25) is 0 Å². The van der Waals surface area contributed by atoms with Gasteiger partial charge < -0.3 is 11.1 Å². The van der Waals surface area contributed by atoms with Crippen LogP contribution in [0.1, 0.15) is 31.4 Å². The highest BCUT2D eigenvalue weighted by atomic mass is 15.2. The van der Waals surface area contributed by atoms with E-state index in [0.717, 1.165) is 24.4 Å². The van der Waals surface area contributed by atoms with Crippen molar-refractivity contribution in [2.24, 2.45) is 5.73 Å². The first-order valence-corrected chi connectivity index (χ1v) is 5.58. The molecule has 1 aliphatic carbocycles. The minimum absolute atomic E-state index is 0.252. The number of rotatable bonds is 2. The summed E-state index contributed by atoms with van der Waals surface area (Å²) < 4.78 is 0. The van der Waals surface area contributed by atoms with Gasteiger partial charge in [0, 0.05) is 12.1 Å². The third-order valence-corrected chi connectivity index (χ3v) is 2.95. The maximum Gasteiger partial charge on any atom is 0.148 e.